The Hall–Kier alpha value is -2.45. The van der Waals surface area contributed by atoms with E-state index in [-0.39, 0.29) is 22.1 Å². The Labute approximate surface area is 173 Å². The largest absolute Gasteiger partial charge is 0.457 e. The first-order chi connectivity index (χ1) is 13.8. The lowest BCUT2D eigenvalue weighted by Gasteiger charge is -2.30. The van der Waals surface area contributed by atoms with Crippen molar-refractivity contribution in [3.63, 3.8) is 0 Å². The number of carbonyl (C=O) groups excluding carboxylic acids is 1. The zero-order chi connectivity index (χ0) is 20.6. The molecule has 1 saturated heterocycles. The predicted octanol–water partition coefficient (Wildman–Crippen LogP) is 4.32. The molecular formula is C20H18ClFN2O4S. The van der Waals surface area contributed by atoms with E-state index >= 15 is 0 Å². The lowest BCUT2D eigenvalue weighted by atomic mass is 10.1. The maximum Gasteiger partial charge on any atom is 0.340 e. The smallest absolute Gasteiger partial charge is 0.340 e. The van der Waals surface area contributed by atoms with Gasteiger partial charge in [0, 0.05) is 13.0 Å². The van der Waals surface area contributed by atoms with Gasteiger partial charge in [-0.05, 0) is 42.7 Å². The fourth-order valence-corrected chi connectivity index (χ4v) is 5.01. The molecule has 2 aliphatic rings. The van der Waals surface area contributed by atoms with E-state index in [2.05, 4.69) is 4.40 Å². The maximum absolute atomic E-state index is 13.3. The fraction of sp³-hybridized carbons (Fsp3) is 0.300. The van der Waals surface area contributed by atoms with E-state index in [4.69, 9.17) is 16.3 Å². The minimum atomic E-state index is -3.94. The number of amidine groups is 1. The van der Waals surface area contributed by atoms with Gasteiger partial charge in [0.25, 0.3) is 10.0 Å². The number of sulfonamides is 1. The highest BCUT2D eigenvalue weighted by Crippen LogP contribution is 2.38. The van der Waals surface area contributed by atoms with Gasteiger partial charge < -0.3 is 9.64 Å². The Balaban J connectivity index is 1.65. The Kier molecular flexibility index (Phi) is 5.31. The first kappa shape index (κ1) is 19.8. The molecule has 1 fully saturated rings. The summed E-state index contributed by atoms with van der Waals surface area (Å²) in [6.45, 7) is 0.478. The van der Waals surface area contributed by atoms with Crippen LogP contribution in [0, 0.1) is 5.82 Å². The highest BCUT2D eigenvalue weighted by molar-refractivity contribution is 7.90. The minimum Gasteiger partial charge on any atom is -0.457 e. The van der Waals surface area contributed by atoms with Gasteiger partial charge in [0.2, 0.25) is 0 Å². The van der Waals surface area contributed by atoms with Gasteiger partial charge in [0.1, 0.15) is 23.2 Å². The van der Waals surface area contributed by atoms with Gasteiger partial charge in [-0.1, -0.05) is 30.2 Å². The monoisotopic (exact) mass is 436 g/mol. The number of esters is 1. The van der Waals surface area contributed by atoms with E-state index in [1.807, 2.05) is 4.90 Å². The Morgan fingerprint density at radius 1 is 1.21 bits per heavy atom. The van der Waals surface area contributed by atoms with Crippen molar-refractivity contribution in [1.82, 2.24) is 0 Å². The summed E-state index contributed by atoms with van der Waals surface area (Å²) in [5, 5.41) is 0.0914. The van der Waals surface area contributed by atoms with Crippen LogP contribution >= 0.6 is 11.6 Å². The predicted molar refractivity (Wildman–Crippen MR) is 107 cm³/mol. The van der Waals surface area contributed by atoms with Crippen LogP contribution in [0.5, 0.6) is 0 Å². The number of benzene rings is 2. The average Bonchev–Trinajstić information content (AvgIpc) is 2.90. The number of hydrogen-bond donors (Lipinski definition) is 0. The molecule has 2 aromatic rings. The van der Waals surface area contributed by atoms with Crippen LogP contribution in [0.25, 0.3) is 0 Å². The van der Waals surface area contributed by atoms with Crippen LogP contribution in [0.15, 0.2) is 45.7 Å². The number of nitrogens with zero attached hydrogens (tertiary/aromatic N) is 2. The van der Waals surface area contributed by atoms with E-state index in [9.17, 15) is 17.6 Å². The first-order valence-corrected chi connectivity index (χ1v) is 11.0. The van der Waals surface area contributed by atoms with Crippen LogP contribution in [0.1, 0.15) is 41.6 Å². The molecule has 152 valence electrons. The minimum absolute atomic E-state index is 0.0646. The van der Waals surface area contributed by atoms with E-state index in [1.165, 1.54) is 30.3 Å². The Morgan fingerprint density at radius 3 is 2.83 bits per heavy atom. The number of fused-ring (bicyclic) bond motifs is 3. The van der Waals surface area contributed by atoms with Crippen molar-refractivity contribution in [3.05, 3.63) is 58.4 Å². The van der Waals surface area contributed by atoms with Gasteiger partial charge in [-0.2, -0.15) is 8.42 Å². The second-order valence-corrected chi connectivity index (χ2v) is 8.93. The van der Waals surface area contributed by atoms with E-state index in [0.717, 1.165) is 19.3 Å². The van der Waals surface area contributed by atoms with Crippen LogP contribution in [0.2, 0.25) is 5.02 Å². The van der Waals surface area contributed by atoms with Crippen LogP contribution in [0.4, 0.5) is 10.1 Å². The summed E-state index contributed by atoms with van der Waals surface area (Å²) in [5.74, 6) is -0.724. The van der Waals surface area contributed by atoms with Crippen molar-refractivity contribution in [2.24, 2.45) is 4.40 Å². The van der Waals surface area contributed by atoms with Crippen LogP contribution in [0.3, 0.4) is 0 Å². The molecule has 0 saturated carbocycles. The zero-order valence-corrected chi connectivity index (χ0v) is 17.0. The third-order valence-corrected chi connectivity index (χ3v) is 6.56. The summed E-state index contributed by atoms with van der Waals surface area (Å²) in [6, 6.07) is 8.35. The summed E-state index contributed by atoms with van der Waals surface area (Å²) in [5.41, 5.74) is 0.835. The van der Waals surface area contributed by atoms with E-state index in [0.29, 0.717) is 30.1 Å². The van der Waals surface area contributed by atoms with Crippen molar-refractivity contribution in [3.8, 4) is 0 Å². The zero-order valence-electron chi connectivity index (χ0n) is 15.4. The summed E-state index contributed by atoms with van der Waals surface area (Å²) in [4.78, 5) is 14.3. The molecule has 0 aliphatic carbocycles. The fourth-order valence-electron chi connectivity index (χ4n) is 3.51. The van der Waals surface area contributed by atoms with E-state index in [1.54, 1.807) is 6.07 Å². The molecule has 2 aliphatic heterocycles. The lowest BCUT2D eigenvalue weighted by Crippen LogP contribution is -2.35. The highest BCUT2D eigenvalue weighted by atomic mass is 35.5. The van der Waals surface area contributed by atoms with Gasteiger partial charge >= 0.3 is 5.97 Å². The average molecular weight is 437 g/mol. The second-order valence-electron chi connectivity index (χ2n) is 6.95. The SMILES string of the molecule is O=C(OCc1cccc(F)c1)c1cc2c(cc1Cl)N1CCCCCC1=NS2(=O)=O. The van der Waals surface area contributed by atoms with Crippen molar-refractivity contribution in [2.75, 3.05) is 11.4 Å². The quantitative estimate of drug-likeness (QED) is 0.670. The third kappa shape index (κ3) is 4.00. The number of rotatable bonds is 3. The molecule has 0 radical (unpaired) electrons. The van der Waals surface area contributed by atoms with E-state index < -0.39 is 21.8 Å². The number of carbonyl (C=O) groups is 1. The van der Waals surface area contributed by atoms with Crippen molar-refractivity contribution >= 4 is 39.1 Å². The Morgan fingerprint density at radius 2 is 2.03 bits per heavy atom. The molecule has 0 bridgehead atoms. The molecule has 9 heteroatoms. The summed E-state index contributed by atoms with van der Waals surface area (Å²) in [6.07, 6.45) is 3.35. The number of hydrogen-bond acceptors (Lipinski definition) is 5. The summed E-state index contributed by atoms with van der Waals surface area (Å²) in [7, 11) is -3.94. The Bertz CT molecular complexity index is 1120. The highest BCUT2D eigenvalue weighted by Gasteiger charge is 2.33. The van der Waals surface area contributed by atoms with Gasteiger partial charge in [0.15, 0.2) is 0 Å². The van der Waals surface area contributed by atoms with Crippen molar-refractivity contribution in [2.45, 2.75) is 37.2 Å². The molecule has 6 nitrogen and oxygen atoms in total. The van der Waals surface area contributed by atoms with Gasteiger partial charge in [-0.3, -0.25) is 0 Å². The van der Waals surface area contributed by atoms with Crippen LogP contribution < -0.4 is 4.90 Å². The second kappa shape index (κ2) is 7.76. The number of halogens is 2. The maximum atomic E-state index is 13.3. The molecule has 0 atom stereocenters. The molecule has 4 rings (SSSR count). The van der Waals surface area contributed by atoms with Crippen molar-refractivity contribution in [1.29, 1.82) is 0 Å². The summed E-state index contributed by atoms with van der Waals surface area (Å²) >= 11 is 6.31. The number of anilines is 1. The molecular weight excluding hydrogens is 419 g/mol. The topological polar surface area (TPSA) is 76.0 Å². The molecule has 0 N–H and O–H groups in total. The molecule has 0 spiro atoms. The molecule has 2 aromatic carbocycles. The normalized spacial score (nSPS) is 17.6. The van der Waals surface area contributed by atoms with Crippen LogP contribution in [-0.4, -0.2) is 26.8 Å². The lowest BCUT2D eigenvalue weighted by molar-refractivity contribution is 0.0472. The standard InChI is InChI=1S/C20H18ClFN2O4S/c21-16-11-17-18(29(26,27)23-19-7-2-1-3-8-24(17)19)10-15(16)20(25)28-12-13-5-4-6-14(22)9-13/h4-6,9-11H,1-3,7-8,12H2. The van der Waals surface area contributed by atoms with Gasteiger partial charge in [-0.25, -0.2) is 9.18 Å². The first-order valence-electron chi connectivity index (χ1n) is 9.22. The number of ether oxygens (including phenoxy) is 1. The third-order valence-electron chi connectivity index (χ3n) is 4.92. The molecule has 0 amide bonds. The van der Waals surface area contributed by atoms with Crippen LogP contribution in [-0.2, 0) is 21.4 Å². The molecule has 29 heavy (non-hydrogen) atoms. The van der Waals surface area contributed by atoms with Gasteiger partial charge in [0.05, 0.1) is 16.3 Å². The van der Waals surface area contributed by atoms with Gasteiger partial charge in [-0.15, -0.1) is 4.40 Å². The van der Waals surface area contributed by atoms with Crippen molar-refractivity contribution < 1.29 is 22.3 Å². The molecule has 2 heterocycles. The molecule has 0 unspecified atom stereocenters. The molecule has 0 aromatic heterocycles. The summed E-state index contributed by atoms with van der Waals surface area (Å²) < 4.78 is 47.8.